The van der Waals surface area contributed by atoms with Crippen molar-refractivity contribution in [3.8, 4) is 0 Å². The highest BCUT2D eigenvalue weighted by atomic mass is 32.2. The lowest BCUT2D eigenvalue weighted by Gasteiger charge is -2.04. The number of carbonyl (C=O) groups is 1. The minimum atomic E-state index is -3.73. The molecular formula is C12H14N4O3S. The molecule has 20 heavy (non-hydrogen) atoms. The van der Waals surface area contributed by atoms with E-state index in [-0.39, 0.29) is 10.8 Å². The summed E-state index contributed by atoms with van der Waals surface area (Å²) in [6.45, 7) is 2.59. The third-order valence-corrected chi connectivity index (χ3v) is 3.57. The molecule has 8 heteroatoms. The molecule has 0 spiro atoms. The van der Waals surface area contributed by atoms with E-state index in [1.54, 1.807) is 16.9 Å². The summed E-state index contributed by atoms with van der Waals surface area (Å²) in [5.41, 5.74) is 0.760. The Morgan fingerprint density at radius 3 is 2.45 bits per heavy atom. The van der Waals surface area contributed by atoms with Crippen LogP contribution in [0.3, 0.4) is 0 Å². The first-order chi connectivity index (χ1) is 9.40. The van der Waals surface area contributed by atoms with Crippen molar-refractivity contribution in [2.75, 3.05) is 5.32 Å². The lowest BCUT2D eigenvalue weighted by molar-refractivity contribution is 0.102. The van der Waals surface area contributed by atoms with Gasteiger partial charge in [0.05, 0.1) is 4.90 Å². The van der Waals surface area contributed by atoms with Crippen LogP contribution in [0.5, 0.6) is 0 Å². The number of primary sulfonamides is 1. The number of rotatable bonds is 4. The van der Waals surface area contributed by atoms with Gasteiger partial charge in [0.15, 0.2) is 5.69 Å². The number of nitrogens with zero attached hydrogens (tertiary/aromatic N) is 2. The van der Waals surface area contributed by atoms with Gasteiger partial charge in [-0.1, -0.05) is 0 Å². The molecular weight excluding hydrogens is 280 g/mol. The molecule has 3 N–H and O–H groups in total. The van der Waals surface area contributed by atoms with Gasteiger partial charge in [-0.2, -0.15) is 5.10 Å². The standard InChI is InChI=1S/C12H14N4O3S/c1-2-16-8-7-11(15-16)12(17)14-9-3-5-10(6-4-9)20(13,18)19/h3-8H,2H2,1H3,(H,14,17)(H2,13,18,19). The zero-order valence-electron chi connectivity index (χ0n) is 10.8. The fourth-order valence-electron chi connectivity index (χ4n) is 1.58. The smallest absolute Gasteiger partial charge is 0.276 e. The largest absolute Gasteiger partial charge is 0.321 e. The van der Waals surface area contributed by atoms with Crippen molar-refractivity contribution in [2.45, 2.75) is 18.4 Å². The predicted octanol–water partition coefficient (Wildman–Crippen LogP) is 0.803. The van der Waals surface area contributed by atoms with Gasteiger partial charge in [0.25, 0.3) is 5.91 Å². The molecule has 1 amide bonds. The summed E-state index contributed by atoms with van der Waals surface area (Å²) in [7, 11) is -3.73. The Labute approximate surface area is 116 Å². The first-order valence-electron chi connectivity index (χ1n) is 5.88. The van der Waals surface area contributed by atoms with Crippen LogP contribution in [-0.4, -0.2) is 24.1 Å². The molecule has 1 aromatic carbocycles. The van der Waals surface area contributed by atoms with E-state index < -0.39 is 10.0 Å². The number of aromatic nitrogens is 2. The number of nitrogens with two attached hydrogens (primary N) is 1. The summed E-state index contributed by atoms with van der Waals surface area (Å²) in [5, 5.41) is 11.7. The van der Waals surface area contributed by atoms with Gasteiger partial charge in [-0.15, -0.1) is 0 Å². The van der Waals surface area contributed by atoms with Crippen LogP contribution in [-0.2, 0) is 16.6 Å². The SMILES string of the molecule is CCn1ccc(C(=O)Nc2ccc(S(N)(=O)=O)cc2)n1. The van der Waals surface area contributed by atoms with Gasteiger partial charge in [-0.05, 0) is 37.3 Å². The molecule has 0 aliphatic carbocycles. The second-order valence-electron chi connectivity index (χ2n) is 4.08. The topological polar surface area (TPSA) is 107 Å². The van der Waals surface area contributed by atoms with Crippen LogP contribution >= 0.6 is 0 Å². The fourth-order valence-corrected chi connectivity index (χ4v) is 2.10. The molecule has 0 atom stereocenters. The second-order valence-corrected chi connectivity index (χ2v) is 5.64. The van der Waals surface area contributed by atoms with Crippen molar-refractivity contribution in [3.05, 3.63) is 42.2 Å². The van der Waals surface area contributed by atoms with E-state index >= 15 is 0 Å². The molecule has 0 fully saturated rings. The monoisotopic (exact) mass is 294 g/mol. The van der Waals surface area contributed by atoms with E-state index in [0.717, 1.165) is 0 Å². The van der Waals surface area contributed by atoms with Crippen LogP contribution in [0.1, 0.15) is 17.4 Å². The molecule has 7 nitrogen and oxygen atoms in total. The Balaban J connectivity index is 2.12. The second kappa shape index (κ2) is 5.43. The lowest BCUT2D eigenvalue weighted by Crippen LogP contribution is -2.14. The number of aryl methyl sites for hydroxylation is 1. The van der Waals surface area contributed by atoms with E-state index in [2.05, 4.69) is 10.4 Å². The van der Waals surface area contributed by atoms with Crippen molar-refractivity contribution < 1.29 is 13.2 Å². The number of anilines is 1. The summed E-state index contributed by atoms with van der Waals surface area (Å²) in [5.74, 6) is -0.361. The summed E-state index contributed by atoms with van der Waals surface area (Å²) in [6.07, 6.45) is 1.71. The lowest BCUT2D eigenvalue weighted by atomic mass is 10.3. The third kappa shape index (κ3) is 3.22. The van der Waals surface area contributed by atoms with E-state index in [4.69, 9.17) is 5.14 Å². The van der Waals surface area contributed by atoms with Crippen molar-refractivity contribution in [1.29, 1.82) is 0 Å². The maximum Gasteiger partial charge on any atom is 0.276 e. The first-order valence-corrected chi connectivity index (χ1v) is 7.42. The minimum absolute atomic E-state index is 0.00856. The first kappa shape index (κ1) is 14.2. The van der Waals surface area contributed by atoms with E-state index in [1.165, 1.54) is 24.3 Å². The van der Waals surface area contributed by atoms with E-state index in [9.17, 15) is 13.2 Å². The number of hydrogen-bond acceptors (Lipinski definition) is 4. The summed E-state index contributed by atoms with van der Waals surface area (Å²) >= 11 is 0. The van der Waals surface area contributed by atoms with Crippen molar-refractivity contribution in [2.24, 2.45) is 5.14 Å². The van der Waals surface area contributed by atoms with Gasteiger partial charge >= 0.3 is 0 Å². The quantitative estimate of drug-likeness (QED) is 0.869. The van der Waals surface area contributed by atoms with Gasteiger partial charge in [0, 0.05) is 18.4 Å². The molecule has 0 bridgehead atoms. The summed E-state index contributed by atoms with van der Waals surface area (Å²) in [4.78, 5) is 11.9. The van der Waals surface area contributed by atoms with Gasteiger partial charge in [0.2, 0.25) is 10.0 Å². The predicted molar refractivity (Wildman–Crippen MR) is 73.7 cm³/mol. The molecule has 1 heterocycles. The molecule has 2 aromatic rings. The van der Waals surface area contributed by atoms with Crippen LogP contribution in [0.15, 0.2) is 41.4 Å². The number of benzene rings is 1. The van der Waals surface area contributed by atoms with Crippen LogP contribution in [0.25, 0.3) is 0 Å². The number of carbonyl (C=O) groups excluding carboxylic acids is 1. The fraction of sp³-hybridized carbons (Fsp3) is 0.167. The van der Waals surface area contributed by atoms with Gasteiger partial charge in [0.1, 0.15) is 0 Å². The summed E-state index contributed by atoms with van der Waals surface area (Å²) in [6, 6.07) is 7.20. The molecule has 0 unspecified atom stereocenters. The van der Waals surface area contributed by atoms with Gasteiger partial charge in [-0.25, -0.2) is 13.6 Å². The Kier molecular flexibility index (Phi) is 3.86. The van der Waals surface area contributed by atoms with Crippen molar-refractivity contribution >= 4 is 21.6 Å². The normalized spacial score (nSPS) is 11.3. The van der Waals surface area contributed by atoms with Crippen LogP contribution < -0.4 is 10.5 Å². The van der Waals surface area contributed by atoms with Crippen molar-refractivity contribution in [3.63, 3.8) is 0 Å². The Morgan fingerprint density at radius 2 is 1.95 bits per heavy atom. The number of nitrogens with one attached hydrogen (secondary N) is 1. The maximum atomic E-state index is 11.9. The number of hydrogen-bond donors (Lipinski definition) is 2. The third-order valence-electron chi connectivity index (χ3n) is 2.64. The highest BCUT2D eigenvalue weighted by molar-refractivity contribution is 7.89. The van der Waals surface area contributed by atoms with Crippen LogP contribution in [0.2, 0.25) is 0 Å². The molecule has 2 rings (SSSR count). The van der Waals surface area contributed by atoms with Gasteiger partial charge in [-0.3, -0.25) is 9.48 Å². The number of sulfonamides is 1. The molecule has 106 valence electrons. The van der Waals surface area contributed by atoms with Gasteiger partial charge < -0.3 is 5.32 Å². The van der Waals surface area contributed by atoms with E-state index in [1.807, 2.05) is 6.92 Å². The molecule has 0 radical (unpaired) electrons. The molecule has 0 aliphatic heterocycles. The Bertz CT molecular complexity index is 719. The molecule has 0 aliphatic rings. The minimum Gasteiger partial charge on any atom is -0.321 e. The average Bonchev–Trinajstić information content (AvgIpc) is 2.87. The van der Waals surface area contributed by atoms with Crippen LogP contribution in [0.4, 0.5) is 5.69 Å². The summed E-state index contributed by atoms with van der Waals surface area (Å²) < 4.78 is 23.8. The number of amides is 1. The van der Waals surface area contributed by atoms with E-state index in [0.29, 0.717) is 17.9 Å². The molecule has 1 aromatic heterocycles. The maximum absolute atomic E-state index is 11.9. The highest BCUT2D eigenvalue weighted by Crippen LogP contribution is 2.13. The van der Waals surface area contributed by atoms with Crippen LogP contribution in [0, 0.1) is 0 Å². The molecule has 0 saturated heterocycles. The Morgan fingerprint density at radius 1 is 1.30 bits per heavy atom. The van der Waals surface area contributed by atoms with Crippen molar-refractivity contribution in [1.82, 2.24) is 9.78 Å². The zero-order valence-corrected chi connectivity index (χ0v) is 11.6. The Hall–Kier alpha value is -2.19. The average molecular weight is 294 g/mol. The zero-order chi connectivity index (χ0) is 14.8. The molecule has 0 saturated carbocycles. The highest BCUT2D eigenvalue weighted by Gasteiger charge is 2.11.